The Morgan fingerprint density at radius 3 is 2.55 bits per heavy atom. The van der Waals surface area contributed by atoms with E-state index < -0.39 is 9.84 Å². The number of aliphatic imine (C=N–C) groups is 1. The van der Waals surface area contributed by atoms with Crippen LogP contribution in [0.4, 0.5) is 0 Å². The quantitative estimate of drug-likeness (QED) is 0.283. The van der Waals surface area contributed by atoms with E-state index in [0.29, 0.717) is 32.1 Å². The highest BCUT2D eigenvalue weighted by Gasteiger charge is 2.22. The molecule has 2 aliphatic rings. The minimum Gasteiger partial charge on any atom is -0.493 e. The van der Waals surface area contributed by atoms with Crippen LogP contribution in [0.2, 0.25) is 0 Å². The third-order valence-corrected chi connectivity index (χ3v) is 7.30. The Kier molecular flexibility index (Phi) is 10.6. The van der Waals surface area contributed by atoms with E-state index in [-0.39, 0.29) is 41.6 Å². The number of hydrogen-bond donors (Lipinski definition) is 2. The SMILES string of the molecule is CN=C(NCCN1CCS(=O)(=O)CC1)NCc1cccc(OC)c1OC1CCCC1.I. The van der Waals surface area contributed by atoms with Gasteiger partial charge in [0.05, 0.1) is 24.7 Å². The van der Waals surface area contributed by atoms with Gasteiger partial charge in [-0.05, 0) is 31.7 Å². The molecule has 1 heterocycles. The number of ether oxygens (including phenoxy) is 2. The molecule has 0 amide bonds. The van der Waals surface area contributed by atoms with Gasteiger partial charge in [-0.3, -0.25) is 9.89 Å². The first-order chi connectivity index (χ1) is 14.5. The fraction of sp³-hybridized carbons (Fsp3) is 0.667. The molecule has 10 heteroatoms. The summed E-state index contributed by atoms with van der Waals surface area (Å²) in [5, 5.41) is 6.65. The number of guanidine groups is 1. The lowest BCUT2D eigenvalue weighted by atomic mass is 10.1. The lowest BCUT2D eigenvalue weighted by Gasteiger charge is -2.26. The van der Waals surface area contributed by atoms with Gasteiger partial charge in [-0.1, -0.05) is 12.1 Å². The van der Waals surface area contributed by atoms with Crippen LogP contribution in [0.25, 0.3) is 0 Å². The molecular weight excluding hydrogens is 531 g/mol. The average molecular weight is 567 g/mol. The van der Waals surface area contributed by atoms with Crippen molar-refractivity contribution < 1.29 is 17.9 Å². The Labute approximate surface area is 203 Å². The molecule has 1 aliphatic heterocycles. The topological polar surface area (TPSA) is 92.3 Å². The molecular formula is C21H35IN4O4S. The first-order valence-electron chi connectivity index (χ1n) is 10.7. The molecule has 1 aromatic carbocycles. The second kappa shape index (κ2) is 12.7. The molecule has 0 aromatic heterocycles. The molecule has 0 bridgehead atoms. The highest BCUT2D eigenvalue weighted by molar-refractivity contribution is 14.0. The number of sulfone groups is 1. The second-order valence-electron chi connectivity index (χ2n) is 7.82. The fourth-order valence-electron chi connectivity index (χ4n) is 3.87. The van der Waals surface area contributed by atoms with E-state index in [0.717, 1.165) is 36.4 Å². The summed E-state index contributed by atoms with van der Waals surface area (Å²) in [6, 6.07) is 5.94. The van der Waals surface area contributed by atoms with Gasteiger partial charge in [0.15, 0.2) is 27.3 Å². The number of rotatable bonds is 8. The normalized spacial score (nSPS) is 19.5. The summed E-state index contributed by atoms with van der Waals surface area (Å²) in [6.45, 7) is 3.25. The van der Waals surface area contributed by atoms with Gasteiger partial charge in [-0.15, -0.1) is 24.0 Å². The second-order valence-corrected chi connectivity index (χ2v) is 10.1. The monoisotopic (exact) mass is 566 g/mol. The molecule has 1 aromatic rings. The molecule has 2 N–H and O–H groups in total. The van der Waals surface area contributed by atoms with Crippen LogP contribution in [0.1, 0.15) is 31.2 Å². The van der Waals surface area contributed by atoms with Crippen LogP contribution in [-0.2, 0) is 16.4 Å². The molecule has 2 fully saturated rings. The lowest BCUT2D eigenvalue weighted by Crippen LogP contribution is -2.45. The highest BCUT2D eigenvalue weighted by atomic mass is 127. The van der Waals surface area contributed by atoms with Crippen molar-refractivity contribution in [3.63, 3.8) is 0 Å². The Bertz CT molecular complexity index is 815. The molecule has 0 spiro atoms. The molecule has 0 unspecified atom stereocenters. The standard InChI is InChI=1S/C21H34N4O4S.HI/c1-22-21(23-10-11-25-12-14-30(26,27)15-13-25)24-16-17-6-5-9-19(28-2)20(17)29-18-7-3-4-8-18;/h5-6,9,18H,3-4,7-8,10-16H2,1-2H3,(H2,22,23,24);1H. The third-order valence-electron chi connectivity index (χ3n) is 5.69. The number of benzene rings is 1. The van der Waals surface area contributed by atoms with Gasteiger partial charge in [-0.25, -0.2) is 8.42 Å². The van der Waals surface area contributed by atoms with E-state index in [4.69, 9.17) is 9.47 Å². The lowest BCUT2D eigenvalue weighted by molar-refractivity contribution is 0.198. The molecule has 1 aliphatic carbocycles. The van der Waals surface area contributed by atoms with Crippen molar-refractivity contribution in [3.05, 3.63) is 23.8 Å². The largest absolute Gasteiger partial charge is 0.493 e. The third kappa shape index (κ3) is 7.98. The Hall–Kier alpha value is -1.27. The van der Waals surface area contributed by atoms with Crippen LogP contribution in [0, 0.1) is 0 Å². The number of nitrogens with one attached hydrogen (secondary N) is 2. The van der Waals surface area contributed by atoms with Gasteiger partial charge >= 0.3 is 0 Å². The average Bonchev–Trinajstić information content (AvgIpc) is 3.25. The summed E-state index contributed by atoms with van der Waals surface area (Å²) in [5.41, 5.74) is 1.03. The smallest absolute Gasteiger partial charge is 0.191 e. The van der Waals surface area contributed by atoms with Crippen molar-refractivity contribution in [2.75, 3.05) is 51.8 Å². The number of methoxy groups -OCH3 is 1. The maximum atomic E-state index is 11.5. The zero-order valence-corrected chi connectivity index (χ0v) is 21.6. The Morgan fingerprint density at radius 2 is 1.90 bits per heavy atom. The van der Waals surface area contributed by atoms with Crippen molar-refractivity contribution in [2.24, 2.45) is 4.99 Å². The van der Waals surface area contributed by atoms with Gasteiger partial charge in [0, 0.05) is 45.3 Å². The maximum Gasteiger partial charge on any atom is 0.191 e. The number of hydrogen-bond acceptors (Lipinski definition) is 6. The Balaban J connectivity index is 0.00000341. The van der Waals surface area contributed by atoms with Crippen LogP contribution in [-0.4, -0.2) is 77.2 Å². The van der Waals surface area contributed by atoms with E-state index in [1.807, 2.05) is 18.2 Å². The van der Waals surface area contributed by atoms with Crippen LogP contribution >= 0.6 is 24.0 Å². The maximum absolute atomic E-state index is 11.5. The van der Waals surface area contributed by atoms with E-state index >= 15 is 0 Å². The van der Waals surface area contributed by atoms with Crippen LogP contribution in [0.5, 0.6) is 11.5 Å². The predicted molar refractivity (Wildman–Crippen MR) is 135 cm³/mol. The molecule has 0 radical (unpaired) electrons. The summed E-state index contributed by atoms with van der Waals surface area (Å²) in [4.78, 5) is 6.46. The van der Waals surface area contributed by atoms with Crippen molar-refractivity contribution in [2.45, 2.75) is 38.3 Å². The van der Waals surface area contributed by atoms with Crippen LogP contribution < -0.4 is 20.1 Å². The van der Waals surface area contributed by atoms with Crippen molar-refractivity contribution >= 4 is 39.8 Å². The van der Waals surface area contributed by atoms with Crippen molar-refractivity contribution in [1.82, 2.24) is 15.5 Å². The number of nitrogens with zero attached hydrogens (tertiary/aromatic N) is 2. The minimum absolute atomic E-state index is 0. The zero-order chi connectivity index (χ0) is 21.4. The van der Waals surface area contributed by atoms with Gasteiger partial charge in [0.25, 0.3) is 0 Å². The minimum atomic E-state index is -2.84. The van der Waals surface area contributed by atoms with Gasteiger partial charge < -0.3 is 20.1 Å². The van der Waals surface area contributed by atoms with Crippen LogP contribution in [0.3, 0.4) is 0 Å². The molecule has 3 rings (SSSR count). The number of halogens is 1. The number of para-hydroxylation sites is 1. The molecule has 1 saturated carbocycles. The summed E-state index contributed by atoms with van der Waals surface area (Å²) in [7, 11) is 0.567. The van der Waals surface area contributed by atoms with Gasteiger partial charge in [-0.2, -0.15) is 0 Å². The molecule has 8 nitrogen and oxygen atoms in total. The molecule has 176 valence electrons. The first kappa shape index (κ1) is 26.0. The molecule has 0 atom stereocenters. The molecule has 1 saturated heterocycles. The van der Waals surface area contributed by atoms with E-state index in [9.17, 15) is 8.42 Å². The predicted octanol–water partition coefficient (Wildman–Crippen LogP) is 2.03. The van der Waals surface area contributed by atoms with E-state index in [2.05, 4.69) is 20.5 Å². The van der Waals surface area contributed by atoms with Crippen molar-refractivity contribution in [1.29, 1.82) is 0 Å². The fourth-order valence-corrected chi connectivity index (χ4v) is 5.15. The highest BCUT2D eigenvalue weighted by Crippen LogP contribution is 2.34. The zero-order valence-electron chi connectivity index (χ0n) is 18.4. The molecule has 31 heavy (non-hydrogen) atoms. The van der Waals surface area contributed by atoms with Crippen molar-refractivity contribution in [3.8, 4) is 11.5 Å². The Morgan fingerprint density at radius 1 is 1.19 bits per heavy atom. The summed E-state index contributed by atoms with van der Waals surface area (Å²) in [6.07, 6.45) is 4.86. The summed E-state index contributed by atoms with van der Waals surface area (Å²) in [5.74, 6) is 2.77. The van der Waals surface area contributed by atoms with Gasteiger partial charge in [0.2, 0.25) is 0 Å². The summed E-state index contributed by atoms with van der Waals surface area (Å²) >= 11 is 0. The van der Waals surface area contributed by atoms with E-state index in [1.165, 1.54) is 12.8 Å². The summed E-state index contributed by atoms with van der Waals surface area (Å²) < 4.78 is 34.9. The van der Waals surface area contributed by atoms with Crippen LogP contribution in [0.15, 0.2) is 23.2 Å². The first-order valence-corrected chi connectivity index (χ1v) is 12.5. The van der Waals surface area contributed by atoms with Gasteiger partial charge in [0.1, 0.15) is 0 Å². The van der Waals surface area contributed by atoms with E-state index in [1.54, 1.807) is 14.2 Å².